The molecule has 29 heavy (non-hydrogen) atoms. The van der Waals surface area contributed by atoms with Gasteiger partial charge >= 0.3 is 6.61 Å². The van der Waals surface area contributed by atoms with E-state index in [9.17, 15) is 17.2 Å². The normalized spacial score (nSPS) is 16.1. The largest absolute Gasteiger partial charge is 0.493 e. The molecule has 0 amide bonds. The van der Waals surface area contributed by atoms with Gasteiger partial charge in [0.1, 0.15) is 0 Å². The second-order valence-electron chi connectivity index (χ2n) is 6.78. The SMILES string of the molecule is COc1cc(CN2CCN(S(=O)(=O)Cc3ccccc3)CC2)ccc1OC(F)F. The fourth-order valence-electron chi connectivity index (χ4n) is 3.30. The lowest BCUT2D eigenvalue weighted by molar-refractivity contribution is -0.0512. The molecule has 2 aromatic carbocycles. The number of hydrogen-bond acceptors (Lipinski definition) is 5. The van der Waals surface area contributed by atoms with E-state index >= 15 is 0 Å². The Balaban J connectivity index is 1.57. The average Bonchev–Trinajstić information content (AvgIpc) is 2.69. The Kier molecular flexibility index (Phi) is 7.05. The van der Waals surface area contributed by atoms with Gasteiger partial charge in [-0.3, -0.25) is 4.90 Å². The van der Waals surface area contributed by atoms with Crippen molar-refractivity contribution in [2.45, 2.75) is 18.9 Å². The van der Waals surface area contributed by atoms with Crippen molar-refractivity contribution >= 4 is 10.0 Å². The summed E-state index contributed by atoms with van der Waals surface area (Å²) < 4.78 is 61.3. The number of alkyl halides is 2. The summed E-state index contributed by atoms with van der Waals surface area (Å²) in [5.74, 6) is 0.228. The minimum atomic E-state index is -3.36. The highest BCUT2D eigenvalue weighted by atomic mass is 32.2. The van der Waals surface area contributed by atoms with Crippen LogP contribution in [-0.2, 0) is 22.3 Å². The molecule has 1 heterocycles. The molecule has 3 rings (SSSR count). The van der Waals surface area contributed by atoms with E-state index in [1.54, 1.807) is 12.1 Å². The molecule has 1 aliphatic heterocycles. The third-order valence-electron chi connectivity index (χ3n) is 4.77. The zero-order valence-corrected chi connectivity index (χ0v) is 16.9. The number of benzene rings is 2. The van der Waals surface area contributed by atoms with E-state index in [0.29, 0.717) is 32.7 Å². The molecule has 0 aromatic heterocycles. The number of ether oxygens (including phenoxy) is 2. The van der Waals surface area contributed by atoms with Gasteiger partial charge in [-0.1, -0.05) is 36.4 Å². The van der Waals surface area contributed by atoms with Crippen LogP contribution in [0.4, 0.5) is 8.78 Å². The fraction of sp³-hybridized carbons (Fsp3) is 0.400. The predicted octanol–water partition coefficient (Wildman–Crippen LogP) is 2.94. The van der Waals surface area contributed by atoms with E-state index < -0.39 is 16.6 Å². The highest BCUT2D eigenvalue weighted by Crippen LogP contribution is 2.30. The molecule has 0 spiro atoms. The monoisotopic (exact) mass is 426 g/mol. The Bertz CT molecular complexity index is 902. The van der Waals surface area contributed by atoms with Crippen LogP contribution in [0, 0.1) is 0 Å². The standard InChI is InChI=1S/C20H24F2N2O4S/c1-27-19-13-17(7-8-18(19)28-20(21)22)14-23-9-11-24(12-10-23)29(25,26)15-16-5-3-2-4-6-16/h2-8,13,20H,9-12,14-15H2,1H3. The lowest BCUT2D eigenvalue weighted by atomic mass is 10.1. The van der Waals surface area contributed by atoms with Crippen LogP contribution in [0.1, 0.15) is 11.1 Å². The molecule has 0 atom stereocenters. The van der Waals surface area contributed by atoms with Crippen molar-refractivity contribution in [2.75, 3.05) is 33.3 Å². The van der Waals surface area contributed by atoms with Gasteiger partial charge in [-0.2, -0.15) is 13.1 Å². The lowest BCUT2D eigenvalue weighted by Crippen LogP contribution is -2.48. The van der Waals surface area contributed by atoms with Crippen molar-refractivity contribution in [3.63, 3.8) is 0 Å². The van der Waals surface area contributed by atoms with Gasteiger partial charge in [-0.25, -0.2) is 8.42 Å². The zero-order valence-electron chi connectivity index (χ0n) is 16.1. The van der Waals surface area contributed by atoms with E-state index in [-0.39, 0.29) is 17.3 Å². The number of piperazine rings is 1. The van der Waals surface area contributed by atoms with Crippen LogP contribution in [0.3, 0.4) is 0 Å². The summed E-state index contributed by atoms with van der Waals surface area (Å²) in [4.78, 5) is 2.12. The molecule has 0 N–H and O–H groups in total. The molecule has 6 nitrogen and oxygen atoms in total. The third-order valence-corrected chi connectivity index (χ3v) is 6.62. The highest BCUT2D eigenvalue weighted by molar-refractivity contribution is 7.88. The smallest absolute Gasteiger partial charge is 0.387 e. The maximum atomic E-state index is 12.6. The quantitative estimate of drug-likeness (QED) is 0.650. The van der Waals surface area contributed by atoms with Gasteiger partial charge in [0.15, 0.2) is 11.5 Å². The van der Waals surface area contributed by atoms with Crippen LogP contribution < -0.4 is 9.47 Å². The van der Waals surface area contributed by atoms with E-state index in [2.05, 4.69) is 9.64 Å². The molecule has 1 fully saturated rings. The summed E-state index contributed by atoms with van der Waals surface area (Å²) in [7, 11) is -1.96. The van der Waals surface area contributed by atoms with Crippen molar-refractivity contribution in [1.82, 2.24) is 9.21 Å². The molecule has 1 aliphatic rings. The number of methoxy groups -OCH3 is 1. The van der Waals surface area contributed by atoms with Gasteiger partial charge in [-0.05, 0) is 23.3 Å². The van der Waals surface area contributed by atoms with Crippen LogP contribution in [-0.4, -0.2) is 57.5 Å². The Morgan fingerprint density at radius 3 is 2.28 bits per heavy atom. The Morgan fingerprint density at radius 2 is 1.66 bits per heavy atom. The molecule has 0 unspecified atom stereocenters. The minimum Gasteiger partial charge on any atom is -0.493 e. The molecule has 158 valence electrons. The van der Waals surface area contributed by atoms with E-state index in [1.807, 2.05) is 30.3 Å². The first-order chi connectivity index (χ1) is 13.9. The molecular formula is C20H24F2N2O4S. The van der Waals surface area contributed by atoms with Crippen LogP contribution in [0.25, 0.3) is 0 Å². The van der Waals surface area contributed by atoms with Gasteiger partial charge in [-0.15, -0.1) is 0 Å². The number of rotatable bonds is 8. The van der Waals surface area contributed by atoms with Gasteiger partial charge < -0.3 is 9.47 Å². The van der Waals surface area contributed by atoms with E-state index in [4.69, 9.17) is 4.74 Å². The summed E-state index contributed by atoms with van der Waals surface area (Å²) in [5, 5.41) is 0. The number of hydrogen-bond donors (Lipinski definition) is 0. The maximum absolute atomic E-state index is 12.6. The number of nitrogens with zero attached hydrogens (tertiary/aromatic N) is 2. The molecule has 0 bridgehead atoms. The molecule has 9 heteroatoms. The molecule has 0 aliphatic carbocycles. The van der Waals surface area contributed by atoms with Gasteiger partial charge in [0.2, 0.25) is 10.0 Å². The highest BCUT2D eigenvalue weighted by Gasteiger charge is 2.27. The van der Waals surface area contributed by atoms with Crippen LogP contribution in [0.15, 0.2) is 48.5 Å². The Labute approximate surface area is 169 Å². The van der Waals surface area contributed by atoms with Crippen LogP contribution >= 0.6 is 0 Å². The lowest BCUT2D eigenvalue weighted by Gasteiger charge is -2.34. The molecular weight excluding hydrogens is 402 g/mol. The minimum absolute atomic E-state index is 0.00334. The van der Waals surface area contributed by atoms with Crippen LogP contribution in [0.2, 0.25) is 0 Å². The van der Waals surface area contributed by atoms with Crippen LogP contribution in [0.5, 0.6) is 11.5 Å². The number of sulfonamides is 1. The summed E-state index contributed by atoms with van der Waals surface area (Å²) in [5.41, 5.74) is 1.65. The van der Waals surface area contributed by atoms with Gasteiger partial charge in [0.25, 0.3) is 0 Å². The molecule has 1 saturated heterocycles. The summed E-state index contributed by atoms with van der Waals surface area (Å²) >= 11 is 0. The first-order valence-electron chi connectivity index (χ1n) is 9.23. The zero-order chi connectivity index (χ0) is 20.9. The van der Waals surface area contributed by atoms with Crippen molar-refractivity contribution in [2.24, 2.45) is 0 Å². The average molecular weight is 426 g/mol. The second kappa shape index (κ2) is 9.51. The van der Waals surface area contributed by atoms with Crippen molar-refractivity contribution in [3.05, 3.63) is 59.7 Å². The Hall–Kier alpha value is -2.23. The Morgan fingerprint density at radius 1 is 0.966 bits per heavy atom. The second-order valence-corrected chi connectivity index (χ2v) is 8.75. The van der Waals surface area contributed by atoms with Gasteiger partial charge in [0, 0.05) is 32.7 Å². The van der Waals surface area contributed by atoms with Crippen molar-refractivity contribution in [1.29, 1.82) is 0 Å². The number of halogens is 2. The van der Waals surface area contributed by atoms with Crippen molar-refractivity contribution < 1.29 is 26.7 Å². The third kappa shape index (κ3) is 5.88. The maximum Gasteiger partial charge on any atom is 0.387 e. The predicted molar refractivity (Wildman–Crippen MR) is 106 cm³/mol. The fourth-order valence-corrected chi connectivity index (χ4v) is 4.82. The summed E-state index contributed by atoms with van der Waals surface area (Å²) in [6.07, 6.45) is 0. The first kappa shape index (κ1) is 21.5. The summed E-state index contributed by atoms with van der Waals surface area (Å²) in [6.45, 7) is -0.340. The summed E-state index contributed by atoms with van der Waals surface area (Å²) in [6, 6.07) is 14.0. The van der Waals surface area contributed by atoms with Gasteiger partial charge in [0.05, 0.1) is 12.9 Å². The molecule has 0 saturated carbocycles. The molecule has 2 aromatic rings. The first-order valence-corrected chi connectivity index (χ1v) is 10.8. The van der Waals surface area contributed by atoms with E-state index in [1.165, 1.54) is 17.5 Å². The van der Waals surface area contributed by atoms with E-state index in [0.717, 1.165) is 11.1 Å². The topological polar surface area (TPSA) is 59.1 Å². The van der Waals surface area contributed by atoms with Crippen molar-refractivity contribution in [3.8, 4) is 11.5 Å². The molecule has 0 radical (unpaired) electrons.